The first-order valence-corrected chi connectivity index (χ1v) is 3.27. The SMILES string of the molecule is CN/C(C)=C/NC(C)C. The Balaban J connectivity index is 3.43. The number of hydrogen-bond donors (Lipinski definition) is 2. The summed E-state index contributed by atoms with van der Waals surface area (Å²) in [7, 11) is 1.91. The maximum absolute atomic E-state index is 3.17. The Morgan fingerprint density at radius 1 is 1.44 bits per heavy atom. The van der Waals surface area contributed by atoms with Gasteiger partial charge in [-0.1, -0.05) is 0 Å². The van der Waals surface area contributed by atoms with Crippen LogP contribution in [0.25, 0.3) is 0 Å². The van der Waals surface area contributed by atoms with Crippen LogP contribution in [0.2, 0.25) is 0 Å². The van der Waals surface area contributed by atoms with Gasteiger partial charge >= 0.3 is 0 Å². The van der Waals surface area contributed by atoms with Gasteiger partial charge in [-0.05, 0) is 20.8 Å². The molecule has 0 unspecified atom stereocenters. The molecule has 0 saturated heterocycles. The zero-order valence-corrected chi connectivity index (χ0v) is 6.65. The highest BCUT2D eigenvalue weighted by molar-refractivity contribution is 4.92. The Hall–Kier alpha value is -0.660. The smallest absolute Gasteiger partial charge is 0.0232 e. The van der Waals surface area contributed by atoms with Crippen LogP contribution >= 0.6 is 0 Å². The third kappa shape index (κ3) is 5.21. The van der Waals surface area contributed by atoms with Crippen LogP contribution in [0, 0.1) is 0 Å². The van der Waals surface area contributed by atoms with E-state index in [2.05, 4.69) is 24.5 Å². The highest BCUT2D eigenvalue weighted by Crippen LogP contribution is 1.82. The minimum Gasteiger partial charge on any atom is -0.390 e. The normalized spacial score (nSPS) is 11.9. The largest absolute Gasteiger partial charge is 0.390 e. The first kappa shape index (κ1) is 8.34. The molecule has 2 nitrogen and oxygen atoms in total. The van der Waals surface area contributed by atoms with Crippen molar-refractivity contribution in [3.8, 4) is 0 Å². The fourth-order valence-electron chi connectivity index (χ4n) is 0.364. The van der Waals surface area contributed by atoms with E-state index in [0.29, 0.717) is 6.04 Å². The zero-order chi connectivity index (χ0) is 7.28. The summed E-state index contributed by atoms with van der Waals surface area (Å²) in [6.45, 7) is 6.24. The van der Waals surface area contributed by atoms with Gasteiger partial charge in [0.25, 0.3) is 0 Å². The molecule has 0 heterocycles. The van der Waals surface area contributed by atoms with Crippen LogP contribution in [0.5, 0.6) is 0 Å². The summed E-state index contributed by atoms with van der Waals surface area (Å²) in [6.07, 6.45) is 1.98. The van der Waals surface area contributed by atoms with E-state index in [0.717, 1.165) is 5.70 Å². The fraction of sp³-hybridized carbons (Fsp3) is 0.714. The summed E-state index contributed by atoms with van der Waals surface area (Å²) in [6, 6.07) is 0.522. The van der Waals surface area contributed by atoms with Crippen molar-refractivity contribution in [2.45, 2.75) is 26.8 Å². The van der Waals surface area contributed by atoms with Crippen LogP contribution in [-0.4, -0.2) is 13.1 Å². The number of nitrogens with one attached hydrogen (secondary N) is 2. The summed E-state index contributed by atoms with van der Waals surface area (Å²) < 4.78 is 0. The lowest BCUT2D eigenvalue weighted by Gasteiger charge is -2.05. The lowest BCUT2D eigenvalue weighted by Crippen LogP contribution is -2.18. The van der Waals surface area contributed by atoms with E-state index in [4.69, 9.17) is 0 Å². The maximum atomic E-state index is 3.17. The highest BCUT2D eigenvalue weighted by atomic mass is 14.9. The van der Waals surface area contributed by atoms with Gasteiger partial charge in [0.2, 0.25) is 0 Å². The molecule has 0 rings (SSSR count). The molecule has 2 N–H and O–H groups in total. The van der Waals surface area contributed by atoms with Crippen LogP contribution < -0.4 is 10.6 Å². The predicted octanol–water partition coefficient (Wildman–Crippen LogP) is 1.07. The summed E-state index contributed by atoms with van der Waals surface area (Å²) in [4.78, 5) is 0. The van der Waals surface area contributed by atoms with Crippen LogP contribution in [0.3, 0.4) is 0 Å². The van der Waals surface area contributed by atoms with Crippen molar-refractivity contribution < 1.29 is 0 Å². The molecule has 0 atom stereocenters. The number of allylic oxidation sites excluding steroid dienone is 1. The Bertz CT molecular complexity index is 95.1. The van der Waals surface area contributed by atoms with Gasteiger partial charge < -0.3 is 10.6 Å². The predicted molar refractivity (Wildman–Crippen MR) is 41.1 cm³/mol. The van der Waals surface area contributed by atoms with Gasteiger partial charge in [-0.2, -0.15) is 0 Å². The summed E-state index contributed by atoms with van der Waals surface area (Å²) in [5.41, 5.74) is 1.16. The molecule has 0 radical (unpaired) electrons. The van der Waals surface area contributed by atoms with Gasteiger partial charge in [-0.3, -0.25) is 0 Å². The van der Waals surface area contributed by atoms with Crippen molar-refractivity contribution in [1.82, 2.24) is 10.6 Å². The highest BCUT2D eigenvalue weighted by Gasteiger charge is 1.85. The van der Waals surface area contributed by atoms with Crippen LogP contribution in [0.15, 0.2) is 11.9 Å². The van der Waals surface area contributed by atoms with Gasteiger partial charge in [0.1, 0.15) is 0 Å². The number of hydrogen-bond acceptors (Lipinski definition) is 2. The number of rotatable bonds is 3. The quantitative estimate of drug-likeness (QED) is 0.594. The van der Waals surface area contributed by atoms with Gasteiger partial charge in [0.05, 0.1) is 0 Å². The average Bonchev–Trinajstić information content (AvgIpc) is 1.83. The third-order valence-corrected chi connectivity index (χ3v) is 1.03. The molecule has 0 amide bonds. The van der Waals surface area contributed by atoms with E-state index >= 15 is 0 Å². The second kappa shape index (κ2) is 4.24. The zero-order valence-electron chi connectivity index (χ0n) is 6.65. The average molecular weight is 128 g/mol. The second-order valence-electron chi connectivity index (χ2n) is 2.40. The molecule has 0 aliphatic heterocycles. The lowest BCUT2D eigenvalue weighted by atomic mass is 10.4. The molecule has 0 spiro atoms. The summed E-state index contributed by atoms with van der Waals surface area (Å²) >= 11 is 0. The molecule has 0 aliphatic carbocycles. The van der Waals surface area contributed by atoms with Gasteiger partial charge in [-0.25, -0.2) is 0 Å². The van der Waals surface area contributed by atoms with Crippen molar-refractivity contribution in [1.29, 1.82) is 0 Å². The van der Waals surface area contributed by atoms with Crippen molar-refractivity contribution >= 4 is 0 Å². The van der Waals surface area contributed by atoms with Crippen LogP contribution in [0.4, 0.5) is 0 Å². The standard InChI is InChI=1S/C7H16N2/c1-6(2)9-5-7(3)8-4/h5-6,8-9H,1-4H3/b7-5+. The van der Waals surface area contributed by atoms with Crippen molar-refractivity contribution in [2.75, 3.05) is 7.05 Å². The molecule has 0 fully saturated rings. The van der Waals surface area contributed by atoms with E-state index in [9.17, 15) is 0 Å². The van der Waals surface area contributed by atoms with Crippen LogP contribution in [0.1, 0.15) is 20.8 Å². The minimum absolute atomic E-state index is 0.522. The molecule has 9 heavy (non-hydrogen) atoms. The topological polar surface area (TPSA) is 24.1 Å². The maximum Gasteiger partial charge on any atom is 0.0232 e. The van der Waals surface area contributed by atoms with Gasteiger partial charge in [0.15, 0.2) is 0 Å². The minimum atomic E-state index is 0.522. The molecule has 2 heteroatoms. The molecule has 0 saturated carbocycles. The van der Waals surface area contributed by atoms with Gasteiger partial charge in [-0.15, -0.1) is 0 Å². The van der Waals surface area contributed by atoms with E-state index in [-0.39, 0.29) is 0 Å². The third-order valence-electron chi connectivity index (χ3n) is 1.03. The monoisotopic (exact) mass is 128 g/mol. The molecule has 0 aromatic rings. The Kier molecular flexibility index (Phi) is 3.93. The summed E-state index contributed by atoms with van der Waals surface area (Å²) in [5.74, 6) is 0. The van der Waals surface area contributed by atoms with Crippen molar-refractivity contribution in [3.63, 3.8) is 0 Å². The molecule has 0 aromatic carbocycles. The van der Waals surface area contributed by atoms with Crippen molar-refractivity contribution in [3.05, 3.63) is 11.9 Å². The second-order valence-corrected chi connectivity index (χ2v) is 2.40. The van der Waals surface area contributed by atoms with E-state index in [1.54, 1.807) is 0 Å². The Morgan fingerprint density at radius 3 is 2.33 bits per heavy atom. The molecule has 0 aliphatic rings. The molecule has 0 aromatic heterocycles. The Morgan fingerprint density at radius 2 is 2.00 bits per heavy atom. The fourth-order valence-corrected chi connectivity index (χ4v) is 0.364. The molecular formula is C7H16N2. The van der Waals surface area contributed by atoms with E-state index < -0.39 is 0 Å². The summed E-state index contributed by atoms with van der Waals surface area (Å²) in [5, 5.41) is 6.19. The Labute approximate surface area is 57.3 Å². The first-order chi connectivity index (χ1) is 4.16. The van der Waals surface area contributed by atoms with E-state index in [1.165, 1.54) is 0 Å². The molecule has 54 valence electrons. The van der Waals surface area contributed by atoms with Crippen LogP contribution in [-0.2, 0) is 0 Å². The van der Waals surface area contributed by atoms with Crippen molar-refractivity contribution in [2.24, 2.45) is 0 Å². The molecule has 0 bridgehead atoms. The van der Waals surface area contributed by atoms with E-state index in [1.807, 2.05) is 20.2 Å². The first-order valence-electron chi connectivity index (χ1n) is 3.27. The lowest BCUT2D eigenvalue weighted by molar-refractivity contribution is 0.693. The van der Waals surface area contributed by atoms with Gasteiger partial charge in [0, 0.05) is 25.0 Å². The molecular weight excluding hydrogens is 112 g/mol.